The Hall–Kier alpha value is -4.74. The summed E-state index contributed by atoms with van der Waals surface area (Å²) in [4.78, 5) is 35.6. The summed E-state index contributed by atoms with van der Waals surface area (Å²) in [6, 6.07) is 18.3. The van der Waals surface area contributed by atoms with Crippen molar-refractivity contribution < 1.29 is 23.5 Å². The fourth-order valence-electron chi connectivity index (χ4n) is 6.39. The summed E-state index contributed by atoms with van der Waals surface area (Å²) < 4.78 is 19.6. The first-order valence-corrected chi connectivity index (χ1v) is 16.5. The highest BCUT2D eigenvalue weighted by atomic mass is 32.1. The summed E-state index contributed by atoms with van der Waals surface area (Å²) in [5.41, 5.74) is 6.57. The number of nitrogens with zero attached hydrogens (tertiary/aromatic N) is 4. The van der Waals surface area contributed by atoms with Crippen molar-refractivity contribution >= 4 is 23.2 Å². The summed E-state index contributed by atoms with van der Waals surface area (Å²) >= 11 is 1.34. The molecular formula is C36H36FN5O4S. The molecular weight excluding hydrogens is 617 g/mol. The minimum atomic E-state index is -0.289. The number of aliphatic hydroxyl groups is 1. The summed E-state index contributed by atoms with van der Waals surface area (Å²) in [7, 11) is 1.00. The maximum absolute atomic E-state index is 13.9. The fourth-order valence-corrected chi connectivity index (χ4v) is 7.36. The zero-order valence-corrected chi connectivity index (χ0v) is 27.4. The number of amides is 2. The molecule has 0 fully saturated rings. The highest BCUT2D eigenvalue weighted by Gasteiger charge is 2.36. The maximum Gasteiger partial charge on any atom is 0.261 e. The van der Waals surface area contributed by atoms with E-state index >= 15 is 0 Å². The van der Waals surface area contributed by atoms with Gasteiger partial charge in [-0.3, -0.25) is 14.6 Å². The van der Waals surface area contributed by atoms with E-state index in [0.717, 1.165) is 42.4 Å². The second kappa shape index (κ2) is 13.9. The lowest BCUT2D eigenvalue weighted by atomic mass is 9.94. The number of hydrogen-bond acceptors (Lipinski definition) is 8. The van der Waals surface area contributed by atoms with Gasteiger partial charge in [-0.15, -0.1) is 21.5 Å². The molecule has 11 heteroatoms. The van der Waals surface area contributed by atoms with Crippen LogP contribution in [0.1, 0.15) is 79.8 Å². The first-order chi connectivity index (χ1) is 22.9. The third-order valence-electron chi connectivity index (χ3n) is 8.50. The summed E-state index contributed by atoms with van der Waals surface area (Å²) in [5.74, 6) is 0.129. The van der Waals surface area contributed by atoms with Crippen LogP contribution in [-0.2, 0) is 25.8 Å². The Kier molecular flexibility index (Phi) is 9.55. The van der Waals surface area contributed by atoms with Crippen molar-refractivity contribution in [3.05, 3.63) is 111 Å². The number of nitrogens with one attached hydrogen (secondary N) is 1. The number of carbonyl (C=O) groups excluding carboxylic acids is 2. The molecule has 1 unspecified atom stereocenters. The first kappa shape index (κ1) is 32.2. The molecule has 0 spiro atoms. The van der Waals surface area contributed by atoms with Crippen LogP contribution in [0.2, 0.25) is 0 Å². The van der Waals surface area contributed by atoms with Crippen molar-refractivity contribution in [2.24, 2.45) is 0 Å². The molecule has 1 atom stereocenters. The van der Waals surface area contributed by atoms with Crippen LogP contribution in [0, 0.1) is 12.7 Å². The van der Waals surface area contributed by atoms with Crippen molar-refractivity contribution in [3.8, 4) is 21.9 Å². The molecule has 0 radical (unpaired) electrons. The molecule has 4 heterocycles. The molecule has 2 aromatic carbocycles. The molecule has 1 aliphatic carbocycles. The van der Waals surface area contributed by atoms with Gasteiger partial charge in [-0.25, -0.2) is 4.39 Å². The lowest BCUT2D eigenvalue weighted by molar-refractivity contribution is 0.0778. The number of carbonyl (C=O) groups is 2. The Balaban J connectivity index is 0.00000190. The van der Waals surface area contributed by atoms with E-state index in [0.29, 0.717) is 64.8 Å². The third kappa shape index (κ3) is 6.45. The monoisotopic (exact) mass is 653 g/mol. The van der Waals surface area contributed by atoms with Gasteiger partial charge >= 0.3 is 0 Å². The predicted octanol–water partition coefficient (Wildman–Crippen LogP) is 6.48. The number of halogens is 1. The van der Waals surface area contributed by atoms with E-state index in [4.69, 9.17) is 14.5 Å². The molecule has 2 aliphatic rings. The fraction of sp³-hybridized carbons (Fsp3) is 0.306. The number of hydrogen-bond donors (Lipinski definition) is 2. The topological polar surface area (TPSA) is 121 Å². The zero-order valence-electron chi connectivity index (χ0n) is 26.5. The van der Waals surface area contributed by atoms with Crippen molar-refractivity contribution in [2.45, 2.75) is 58.5 Å². The van der Waals surface area contributed by atoms with E-state index in [1.54, 1.807) is 19.1 Å². The van der Waals surface area contributed by atoms with Crippen LogP contribution in [0.5, 0.6) is 0 Å². The van der Waals surface area contributed by atoms with Crippen LogP contribution in [0.25, 0.3) is 21.9 Å². The van der Waals surface area contributed by atoms with Crippen molar-refractivity contribution in [1.29, 1.82) is 0 Å². The van der Waals surface area contributed by atoms with Crippen molar-refractivity contribution in [3.63, 3.8) is 0 Å². The molecule has 2 N–H and O–H groups in total. The molecule has 2 amide bonds. The number of aliphatic hydroxyl groups excluding tert-OH is 1. The highest BCUT2D eigenvalue weighted by molar-refractivity contribution is 7.17. The Labute approximate surface area is 276 Å². The SMILES string of the molecule is CCCN1Cc2nc(CCc3ccc(F)cc3)c(-c3nnc(C)o3)c(-c3ccc(C(=O)NC4CCc5ccccc54)s3)c2C1=O.CO. The van der Waals surface area contributed by atoms with E-state index in [-0.39, 0.29) is 29.6 Å². The average molecular weight is 654 g/mol. The zero-order chi connectivity index (χ0) is 33.1. The van der Waals surface area contributed by atoms with E-state index in [1.165, 1.54) is 29.0 Å². The van der Waals surface area contributed by atoms with Crippen LogP contribution in [0.4, 0.5) is 4.39 Å². The Morgan fingerprint density at radius 2 is 1.83 bits per heavy atom. The van der Waals surface area contributed by atoms with Crippen LogP contribution in [0.15, 0.2) is 65.1 Å². The van der Waals surface area contributed by atoms with Crippen LogP contribution < -0.4 is 5.32 Å². The molecule has 7 rings (SSSR count). The average Bonchev–Trinajstić information content (AvgIpc) is 3.89. The quantitative estimate of drug-likeness (QED) is 0.187. The number of fused-ring (bicyclic) bond motifs is 2. The largest absolute Gasteiger partial charge is 0.421 e. The standard InChI is InChI=1S/C35H32FN5O3S.CH4O/c1-3-18-41-19-27-31(35(41)43)32(28-16-17-29(45-28)33(42)38-25-15-11-22-6-4-5-7-24(22)25)30(34-40-39-20(2)44-34)26(37-27)14-10-21-8-12-23(36)13-9-21;1-2/h4-9,12-13,16-17,25H,3,10-11,14-15,18-19H2,1-2H3,(H,38,42);2H,1H3. The molecule has 9 nitrogen and oxygen atoms in total. The molecule has 5 aromatic rings. The lowest BCUT2D eigenvalue weighted by Crippen LogP contribution is -2.26. The molecule has 3 aromatic heterocycles. The van der Waals surface area contributed by atoms with Gasteiger partial charge in [-0.05, 0) is 73.1 Å². The van der Waals surface area contributed by atoms with E-state index in [2.05, 4.69) is 27.6 Å². The van der Waals surface area contributed by atoms with Crippen molar-refractivity contribution in [1.82, 2.24) is 25.4 Å². The minimum absolute atomic E-state index is 0.0383. The second-order valence-corrected chi connectivity index (χ2v) is 12.6. The van der Waals surface area contributed by atoms with Crippen LogP contribution >= 0.6 is 11.3 Å². The molecule has 1 aliphatic heterocycles. The number of thiophene rings is 1. The molecule has 0 saturated carbocycles. The van der Waals surface area contributed by atoms with Gasteiger partial charge in [-0.2, -0.15) is 0 Å². The van der Waals surface area contributed by atoms with Gasteiger partial charge in [0, 0.05) is 31.0 Å². The molecule has 0 saturated heterocycles. The second-order valence-electron chi connectivity index (χ2n) is 11.5. The third-order valence-corrected chi connectivity index (χ3v) is 9.60. The smallest absolute Gasteiger partial charge is 0.261 e. The van der Waals surface area contributed by atoms with Gasteiger partial charge in [0.25, 0.3) is 11.8 Å². The van der Waals surface area contributed by atoms with E-state index in [9.17, 15) is 14.0 Å². The lowest BCUT2D eigenvalue weighted by Gasteiger charge is -2.15. The minimum Gasteiger partial charge on any atom is -0.421 e. The summed E-state index contributed by atoms with van der Waals surface area (Å²) in [6.45, 7) is 4.77. The summed E-state index contributed by atoms with van der Waals surface area (Å²) in [5, 5.41) is 18.7. The van der Waals surface area contributed by atoms with Crippen molar-refractivity contribution in [2.75, 3.05) is 13.7 Å². The molecule has 0 bridgehead atoms. The predicted molar refractivity (Wildman–Crippen MR) is 178 cm³/mol. The normalized spacial score (nSPS) is 14.9. The van der Waals surface area contributed by atoms with Gasteiger partial charge in [0.15, 0.2) is 0 Å². The molecule has 242 valence electrons. The van der Waals surface area contributed by atoms with Gasteiger partial charge in [0.1, 0.15) is 5.82 Å². The number of rotatable bonds is 9. The van der Waals surface area contributed by atoms with E-state index in [1.807, 2.05) is 36.1 Å². The Morgan fingerprint density at radius 3 is 2.57 bits per heavy atom. The van der Waals surface area contributed by atoms with Gasteiger partial charge < -0.3 is 19.7 Å². The summed E-state index contributed by atoms with van der Waals surface area (Å²) in [6.07, 6.45) is 3.71. The number of aromatic nitrogens is 3. The maximum atomic E-state index is 13.9. The number of pyridine rings is 1. The number of benzene rings is 2. The number of aryl methyl sites for hydroxylation is 4. The van der Waals surface area contributed by atoms with Crippen LogP contribution in [-0.4, -0.2) is 50.7 Å². The van der Waals surface area contributed by atoms with Gasteiger partial charge in [0.2, 0.25) is 11.8 Å². The first-order valence-electron chi connectivity index (χ1n) is 15.7. The van der Waals surface area contributed by atoms with E-state index < -0.39 is 0 Å². The highest BCUT2D eigenvalue weighted by Crippen LogP contribution is 2.44. The van der Waals surface area contributed by atoms with Gasteiger partial charge in [-0.1, -0.05) is 43.3 Å². The van der Waals surface area contributed by atoms with Gasteiger partial charge in [0.05, 0.1) is 40.0 Å². The Morgan fingerprint density at radius 1 is 1.04 bits per heavy atom. The molecule has 47 heavy (non-hydrogen) atoms. The van der Waals surface area contributed by atoms with Crippen LogP contribution in [0.3, 0.4) is 0 Å². The Bertz CT molecular complexity index is 1920.